The minimum Gasteiger partial charge on any atom is -0.432 e. The van der Waals surface area contributed by atoms with Crippen molar-refractivity contribution in [2.24, 2.45) is 0 Å². The Hall–Kier alpha value is -2.12. The van der Waals surface area contributed by atoms with Crippen LogP contribution >= 0.6 is 0 Å². The Labute approximate surface area is 148 Å². The van der Waals surface area contributed by atoms with Crippen LogP contribution in [-0.4, -0.2) is 31.9 Å². The third-order valence-corrected chi connectivity index (χ3v) is 4.56. The number of hydrogen-bond donors (Lipinski definition) is 0. The summed E-state index contributed by atoms with van der Waals surface area (Å²) in [4.78, 5) is 32.4. The molecule has 0 radical (unpaired) electrons. The van der Waals surface area contributed by atoms with E-state index in [2.05, 4.69) is 14.8 Å². The van der Waals surface area contributed by atoms with E-state index in [0.717, 1.165) is 27.8 Å². The predicted molar refractivity (Wildman–Crippen MR) is 90.1 cm³/mol. The largest absolute Gasteiger partial charge is 0.543 e. The van der Waals surface area contributed by atoms with E-state index in [4.69, 9.17) is 9.47 Å². The highest BCUT2D eigenvalue weighted by atomic mass is 17.5. The van der Waals surface area contributed by atoms with Crippen LogP contribution in [0.2, 0.25) is 0 Å². The Bertz CT molecular complexity index is 608. The molecule has 0 aliphatic heterocycles. The lowest BCUT2D eigenvalue weighted by molar-refractivity contribution is -0.452. The summed E-state index contributed by atoms with van der Waals surface area (Å²) in [5.41, 5.74) is 5.12. The van der Waals surface area contributed by atoms with Crippen LogP contribution in [0.1, 0.15) is 51.5 Å². The van der Waals surface area contributed by atoms with Crippen molar-refractivity contribution in [3.05, 3.63) is 33.4 Å². The van der Waals surface area contributed by atoms with Crippen LogP contribution in [0, 0.1) is 34.6 Å². The normalized spacial score (nSPS) is 11.8. The van der Waals surface area contributed by atoms with Crippen molar-refractivity contribution in [3.63, 3.8) is 0 Å². The second-order valence-corrected chi connectivity index (χ2v) is 5.96. The van der Waals surface area contributed by atoms with Crippen LogP contribution in [-0.2, 0) is 24.3 Å². The zero-order valence-electron chi connectivity index (χ0n) is 15.8. The molecule has 140 valence electrons. The maximum absolute atomic E-state index is 12.2. The maximum Gasteiger partial charge on any atom is 0.543 e. The number of carbonyl (C=O) groups is 2. The van der Waals surface area contributed by atoms with Crippen LogP contribution in [0.15, 0.2) is 0 Å². The molecule has 0 fully saturated rings. The molecule has 7 nitrogen and oxygen atoms in total. The van der Waals surface area contributed by atoms with Crippen molar-refractivity contribution in [2.45, 2.75) is 54.1 Å². The third-order valence-electron chi connectivity index (χ3n) is 4.56. The topological polar surface area (TPSA) is 80.3 Å². The fraction of sp³-hybridized carbons (Fsp3) is 0.556. The van der Waals surface area contributed by atoms with E-state index >= 15 is 0 Å². The first-order chi connectivity index (χ1) is 11.7. The highest BCUT2D eigenvalue weighted by Crippen LogP contribution is 2.26. The molecule has 0 amide bonds. The van der Waals surface area contributed by atoms with Crippen molar-refractivity contribution in [1.82, 2.24) is 0 Å². The molecule has 0 N–H and O–H groups in total. The molecule has 25 heavy (non-hydrogen) atoms. The van der Waals surface area contributed by atoms with Crippen molar-refractivity contribution in [3.8, 4) is 0 Å². The zero-order chi connectivity index (χ0) is 19.1. The lowest BCUT2D eigenvalue weighted by Gasteiger charge is -2.16. The minimum absolute atomic E-state index is 0.0505. The molecule has 0 aromatic heterocycles. The number of methoxy groups -OCH3 is 1. The minimum atomic E-state index is -1.10. The van der Waals surface area contributed by atoms with Crippen molar-refractivity contribution < 1.29 is 33.9 Å². The molecule has 0 spiro atoms. The van der Waals surface area contributed by atoms with Gasteiger partial charge in [0, 0.05) is 13.5 Å². The molecule has 0 saturated heterocycles. The maximum atomic E-state index is 12.2. The van der Waals surface area contributed by atoms with Crippen molar-refractivity contribution >= 4 is 12.1 Å². The molecule has 1 aromatic carbocycles. The fourth-order valence-corrected chi connectivity index (χ4v) is 2.37. The first-order valence-electron chi connectivity index (χ1n) is 8.02. The summed E-state index contributed by atoms with van der Waals surface area (Å²) >= 11 is 0. The van der Waals surface area contributed by atoms with Gasteiger partial charge in [0.05, 0.1) is 23.3 Å². The average molecular weight is 354 g/mol. The summed E-state index contributed by atoms with van der Waals surface area (Å²) in [6.07, 6.45) is -0.641. The molecule has 1 aromatic rings. The van der Waals surface area contributed by atoms with Crippen LogP contribution in [0.3, 0.4) is 0 Å². The first-order valence-corrected chi connectivity index (χ1v) is 8.02. The van der Waals surface area contributed by atoms with Crippen LogP contribution in [0.25, 0.3) is 0 Å². The molecule has 0 aliphatic rings. The van der Waals surface area contributed by atoms with Gasteiger partial charge in [-0.3, -0.25) is 4.89 Å². The van der Waals surface area contributed by atoms with Gasteiger partial charge in [-0.05, 0) is 69.4 Å². The Kier molecular flexibility index (Phi) is 7.86. The monoisotopic (exact) mass is 354 g/mol. The molecule has 0 saturated carbocycles. The lowest BCUT2D eigenvalue weighted by Crippen LogP contribution is -2.17. The molecule has 7 heteroatoms. The number of hydrogen-bond acceptors (Lipinski definition) is 7. The third kappa shape index (κ3) is 5.44. The summed E-state index contributed by atoms with van der Waals surface area (Å²) in [6.45, 7) is 11.5. The van der Waals surface area contributed by atoms with Gasteiger partial charge in [-0.15, -0.1) is 0 Å². The zero-order valence-corrected chi connectivity index (χ0v) is 15.8. The predicted octanol–water partition coefficient (Wildman–Crippen LogP) is 3.81. The number of benzene rings is 1. The lowest BCUT2D eigenvalue weighted by atomic mass is 9.90. The molecule has 1 atom stereocenters. The number of rotatable bonds is 7. The van der Waals surface area contributed by atoms with E-state index in [0.29, 0.717) is 12.0 Å². The summed E-state index contributed by atoms with van der Waals surface area (Å²) in [7, 11) is 1.56. The van der Waals surface area contributed by atoms with Crippen LogP contribution in [0.4, 0.5) is 4.79 Å². The smallest absolute Gasteiger partial charge is 0.432 e. The average Bonchev–Trinajstić information content (AvgIpc) is 2.58. The first kappa shape index (κ1) is 20.9. The SMILES string of the molecule is COC(C)CCOC(=O)OOOC(=O)c1c(C)c(C)c(C)c(C)c1C. The summed E-state index contributed by atoms with van der Waals surface area (Å²) < 4.78 is 9.76. The van der Waals surface area contributed by atoms with Gasteiger partial charge < -0.3 is 9.47 Å². The van der Waals surface area contributed by atoms with Crippen LogP contribution < -0.4 is 0 Å². The highest BCUT2D eigenvalue weighted by Gasteiger charge is 2.21. The number of ether oxygens (including phenoxy) is 2. The fourth-order valence-electron chi connectivity index (χ4n) is 2.37. The summed E-state index contributed by atoms with van der Waals surface area (Å²) in [6, 6.07) is 0. The van der Waals surface area contributed by atoms with E-state index < -0.39 is 12.1 Å². The van der Waals surface area contributed by atoms with Gasteiger partial charge in [0.2, 0.25) is 0 Å². The summed E-state index contributed by atoms with van der Waals surface area (Å²) in [5, 5.41) is 4.26. The quantitative estimate of drug-likeness (QED) is 0.418. The highest BCUT2D eigenvalue weighted by molar-refractivity contribution is 5.93. The molecule has 0 heterocycles. The van der Waals surface area contributed by atoms with E-state index in [1.54, 1.807) is 7.11 Å². The Morgan fingerprint density at radius 1 is 0.880 bits per heavy atom. The Morgan fingerprint density at radius 3 is 1.92 bits per heavy atom. The molecule has 0 bridgehead atoms. The molecule has 1 unspecified atom stereocenters. The van der Waals surface area contributed by atoms with Gasteiger partial charge in [-0.1, -0.05) is 0 Å². The van der Waals surface area contributed by atoms with Gasteiger partial charge >= 0.3 is 12.1 Å². The van der Waals surface area contributed by atoms with Gasteiger partial charge in [0.25, 0.3) is 0 Å². The van der Waals surface area contributed by atoms with Gasteiger partial charge in [-0.2, -0.15) is 0 Å². The van der Waals surface area contributed by atoms with E-state index in [1.807, 2.05) is 41.5 Å². The second kappa shape index (κ2) is 9.39. The molecule has 1 rings (SSSR count). The van der Waals surface area contributed by atoms with Crippen molar-refractivity contribution in [2.75, 3.05) is 13.7 Å². The van der Waals surface area contributed by atoms with E-state index in [-0.39, 0.29) is 12.7 Å². The van der Waals surface area contributed by atoms with Gasteiger partial charge in [0.1, 0.15) is 0 Å². The van der Waals surface area contributed by atoms with Gasteiger partial charge in [0.15, 0.2) is 0 Å². The van der Waals surface area contributed by atoms with Gasteiger partial charge in [-0.25, -0.2) is 14.5 Å². The Morgan fingerprint density at radius 2 is 1.40 bits per heavy atom. The molecular weight excluding hydrogens is 328 g/mol. The van der Waals surface area contributed by atoms with Crippen molar-refractivity contribution in [1.29, 1.82) is 0 Å². The number of carbonyl (C=O) groups excluding carboxylic acids is 2. The molecule has 0 aliphatic carbocycles. The second-order valence-electron chi connectivity index (χ2n) is 5.96. The molecular formula is C18H26O7. The summed E-state index contributed by atoms with van der Waals surface area (Å²) in [5.74, 6) is -0.734. The Balaban J connectivity index is 2.57. The van der Waals surface area contributed by atoms with Crippen LogP contribution in [0.5, 0.6) is 0 Å². The van der Waals surface area contributed by atoms with E-state index in [1.165, 1.54) is 0 Å². The standard InChI is InChI=1S/C18H26O7/c1-10(21-7)8-9-22-18(20)24-25-23-17(19)16-14(5)12(3)11(2)13(4)15(16)6/h10H,8-9H2,1-7H3. The van der Waals surface area contributed by atoms with E-state index in [9.17, 15) is 9.59 Å².